The van der Waals surface area contributed by atoms with Gasteiger partial charge in [0.2, 0.25) is 17.7 Å². The molecule has 8 aromatic rings. The molecule has 21 heteroatoms. The number of Topliss-reactive ketones (excluding diaryl/α,β-unsaturated/α-hetero) is 2. The largest absolute Gasteiger partial charge is 0.480 e. The number of rotatable bonds is 30. The number of aryl methyl sites for hydroxylation is 2. The molecule has 4 aliphatic rings. The molecule has 6 atom stereocenters. The Bertz CT molecular complexity index is 4450. The Balaban J connectivity index is 0.000000196. The molecule has 0 saturated carbocycles. The molecule has 5 amide bonds. The zero-order valence-electron chi connectivity index (χ0n) is 63.9. The SMILES string of the molecule is CC(C)C[C@@H](NCCC(=O)CCc1ccccc1)C(=O)NCc1ccc(Cl)c(Cl)c1.CC(C)C[C@H](C(=O)NCc1ccc(Cl)c(Cl)c1)N(CCC(=O)CCc1ccccc1)C(=O)[C@@H]1C[C@@H](C)CN1C(=O)OCC1c2ccccc2-c2ccccc21.C[C@@H]1C[C@@H](C(=O)O)N(C(=O)OCC2c3ccccc3-c3ccccc32)C1. The van der Waals surface area contributed by atoms with Crippen LogP contribution in [0.5, 0.6) is 0 Å². The first kappa shape index (κ1) is 84.1. The molecular formula is C90H100Cl4N6O11. The number of amides is 5. The van der Waals surface area contributed by atoms with Crippen LogP contribution in [0.4, 0.5) is 9.59 Å². The molecule has 0 radical (unpaired) electrons. The lowest BCUT2D eigenvalue weighted by molar-refractivity contribution is -0.145. The van der Waals surface area contributed by atoms with Crippen molar-refractivity contribution in [2.24, 2.45) is 23.7 Å². The monoisotopic (exact) mass is 1580 g/mol. The van der Waals surface area contributed by atoms with Crippen LogP contribution < -0.4 is 16.0 Å². The fraction of sp³-hybridized carbons (Fsp3) is 0.378. The Labute approximate surface area is 672 Å². The molecule has 2 fully saturated rings. The molecule has 4 N–H and O–H groups in total. The summed E-state index contributed by atoms with van der Waals surface area (Å²) in [6.07, 6.45) is 3.53. The highest BCUT2D eigenvalue weighted by molar-refractivity contribution is 6.42. The summed E-state index contributed by atoms with van der Waals surface area (Å²) in [4.78, 5) is 109. The van der Waals surface area contributed by atoms with E-state index in [9.17, 15) is 43.5 Å². The summed E-state index contributed by atoms with van der Waals surface area (Å²) in [5.74, 6) is -1.11. The number of halogens is 4. The molecular weight excluding hydrogens is 1480 g/mol. The minimum Gasteiger partial charge on any atom is -0.480 e. The molecule has 17 nitrogen and oxygen atoms in total. The second-order valence-corrected chi connectivity index (χ2v) is 31.9. The van der Waals surface area contributed by atoms with Gasteiger partial charge in [-0.25, -0.2) is 14.4 Å². The van der Waals surface area contributed by atoms with E-state index in [0.717, 1.165) is 62.1 Å². The topological polar surface area (TPSA) is 221 Å². The van der Waals surface area contributed by atoms with Gasteiger partial charge in [0.25, 0.3) is 0 Å². The van der Waals surface area contributed by atoms with Crippen LogP contribution in [0.2, 0.25) is 20.1 Å². The number of aliphatic carboxylic acids is 1. The summed E-state index contributed by atoms with van der Waals surface area (Å²) in [7, 11) is 0. The molecule has 12 rings (SSSR count). The lowest BCUT2D eigenvalue weighted by Crippen LogP contribution is -2.56. The van der Waals surface area contributed by atoms with E-state index in [4.69, 9.17) is 55.9 Å². The maximum Gasteiger partial charge on any atom is 0.410 e. The van der Waals surface area contributed by atoms with Gasteiger partial charge < -0.3 is 35.4 Å². The van der Waals surface area contributed by atoms with Gasteiger partial charge in [-0.2, -0.15) is 0 Å². The number of fused-ring (bicyclic) bond motifs is 6. The lowest BCUT2D eigenvalue weighted by Gasteiger charge is -2.35. The van der Waals surface area contributed by atoms with Crippen molar-refractivity contribution < 1.29 is 52.9 Å². The van der Waals surface area contributed by atoms with Crippen molar-refractivity contribution in [3.63, 3.8) is 0 Å². The van der Waals surface area contributed by atoms with Gasteiger partial charge in [-0.15, -0.1) is 0 Å². The summed E-state index contributed by atoms with van der Waals surface area (Å²) in [5, 5.41) is 20.3. The van der Waals surface area contributed by atoms with Crippen LogP contribution in [-0.4, -0.2) is 131 Å². The van der Waals surface area contributed by atoms with Gasteiger partial charge in [-0.05, 0) is 153 Å². The highest BCUT2D eigenvalue weighted by Crippen LogP contribution is 2.46. The highest BCUT2D eigenvalue weighted by atomic mass is 35.5. The number of benzene rings is 8. The van der Waals surface area contributed by atoms with Gasteiger partial charge >= 0.3 is 18.2 Å². The van der Waals surface area contributed by atoms with Crippen molar-refractivity contribution >= 4 is 93.8 Å². The number of nitrogens with one attached hydrogen (secondary N) is 3. The number of carboxylic acids is 1. The zero-order valence-corrected chi connectivity index (χ0v) is 66.9. The standard InChI is InChI=1S/C45H49Cl2N3O5.C24H30Cl2N2O2.C21H21NO4/c1-29(2)23-41(43(52)48-26-32-18-20-39(46)40(47)25-32)49(22-21-33(51)19-17-31-11-5-4-6-12-31)44(53)42-24-30(3)27-50(42)45(54)55-28-38-36-15-9-7-13-34(36)35-14-8-10-16-37(35)38;1-17(2)14-23(24(30)28-16-19-9-11-21(25)22(26)15-19)27-13-12-20(29)10-8-18-6-4-3-5-7-18;1-13-10-19(20(23)24)22(11-13)21(25)26-12-18-16-8-4-2-6-14(16)15-7-3-5-9-17(15)18/h4-16,18,20,25,29-30,38,41-42H,17,19,21-24,26-28H2,1-3H3,(H,48,52);3-7,9,11,15,17,23,27H,8,10,12-14,16H2,1-2H3,(H,28,30);2-9,13,18-19H,10-12H2,1H3,(H,23,24)/t30-,41-,42+;23-;13-,19+/m111/s1. The minimum atomic E-state index is -0.970. The van der Waals surface area contributed by atoms with Crippen molar-refractivity contribution in [1.82, 2.24) is 30.7 Å². The van der Waals surface area contributed by atoms with Crippen molar-refractivity contribution in [2.75, 3.05) is 39.4 Å². The molecule has 584 valence electrons. The second kappa shape index (κ2) is 40.7. The predicted molar refractivity (Wildman–Crippen MR) is 438 cm³/mol. The number of carbonyl (C=O) groups is 8. The van der Waals surface area contributed by atoms with Crippen molar-refractivity contribution in [2.45, 2.75) is 155 Å². The smallest absolute Gasteiger partial charge is 0.410 e. The van der Waals surface area contributed by atoms with Crippen LogP contribution in [0.15, 0.2) is 194 Å². The Kier molecular flexibility index (Phi) is 30.9. The molecule has 0 bridgehead atoms. The summed E-state index contributed by atoms with van der Waals surface area (Å²) in [6, 6.07) is 60.0. The second-order valence-electron chi connectivity index (χ2n) is 30.3. The quantitative estimate of drug-likeness (QED) is 0.0330. The number of hydrogen-bond donors (Lipinski definition) is 4. The van der Waals surface area contributed by atoms with Crippen molar-refractivity contribution in [3.8, 4) is 22.3 Å². The molecule has 0 spiro atoms. The lowest BCUT2D eigenvalue weighted by atomic mass is 9.98. The van der Waals surface area contributed by atoms with E-state index < -0.39 is 36.3 Å². The minimum absolute atomic E-state index is 0.00523. The number of likely N-dealkylation sites (tertiary alicyclic amines) is 2. The number of hydrogen-bond acceptors (Lipinski definition) is 11. The first-order valence-corrected chi connectivity index (χ1v) is 40.0. The molecule has 0 unspecified atom stereocenters. The number of carbonyl (C=O) groups excluding carboxylic acids is 7. The van der Waals surface area contributed by atoms with Crippen LogP contribution in [0.1, 0.15) is 149 Å². The summed E-state index contributed by atoms with van der Waals surface area (Å²) in [6.45, 7) is 14.3. The van der Waals surface area contributed by atoms with Crippen molar-refractivity contribution in [3.05, 3.63) is 259 Å². The van der Waals surface area contributed by atoms with E-state index in [2.05, 4.69) is 78.3 Å². The third-order valence-corrected chi connectivity index (χ3v) is 22.3. The predicted octanol–water partition coefficient (Wildman–Crippen LogP) is 18.0. The maximum atomic E-state index is 14.8. The summed E-state index contributed by atoms with van der Waals surface area (Å²) < 4.78 is 11.6. The van der Waals surface area contributed by atoms with Gasteiger partial charge in [0.15, 0.2) is 0 Å². The number of carboxylic acid groups (broad SMARTS) is 1. The molecule has 2 aliphatic carbocycles. The van der Waals surface area contributed by atoms with Gasteiger partial charge in [-0.3, -0.25) is 33.8 Å². The van der Waals surface area contributed by atoms with Crippen molar-refractivity contribution in [1.29, 1.82) is 0 Å². The molecule has 2 aliphatic heterocycles. The summed E-state index contributed by atoms with van der Waals surface area (Å²) in [5.41, 5.74) is 13.0. The van der Waals surface area contributed by atoms with Crippen LogP contribution >= 0.6 is 46.4 Å². The van der Waals surface area contributed by atoms with E-state index in [0.29, 0.717) is 104 Å². The average Bonchev–Trinajstić information content (AvgIpc) is 1.62. The van der Waals surface area contributed by atoms with Gasteiger partial charge in [0.1, 0.15) is 42.9 Å². The third kappa shape index (κ3) is 23.2. The van der Waals surface area contributed by atoms with Crippen LogP contribution in [-0.2, 0) is 64.2 Å². The average molecular weight is 1580 g/mol. The van der Waals surface area contributed by atoms with Gasteiger partial charge in [0, 0.05) is 76.8 Å². The van der Waals surface area contributed by atoms with Crippen LogP contribution in [0, 0.1) is 23.7 Å². The first-order valence-electron chi connectivity index (χ1n) is 38.4. The maximum absolute atomic E-state index is 14.8. The zero-order chi connectivity index (χ0) is 79.3. The molecule has 2 saturated heterocycles. The Hall–Kier alpha value is -9.36. The van der Waals surface area contributed by atoms with E-state index in [1.807, 2.05) is 143 Å². The van der Waals surface area contributed by atoms with E-state index in [-0.39, 0.29) is 97.6 Å². The van der Waals surface area contributed by atoms with E-state index >= 15 is 0 Å². The summed E-state index contributed by atoms with van der Waals surface area (Å²) >= 11 is 24.3. The highest BCUT2D eigenvalue weighted by Gasteiger charge is 2.45. The first-order chi connectivity index (χ1) is 53.4. The van der Waals surface area contributed by atoms with Crippen LogP contribution in [0.25, 0.3) is 22.3 Å². The van der Waals surface area contributed by atoms with Gasteiger partial charge in [0.05, 0.1) is 26.1 Å². The fourth-order valence-corrected chi connectivity index (χ4v) is 15.8. The molecule has 2 heterocycles. The molecule has 0 aromatic heterocycles. The van der Waals surface area contributed by atoms with Gasteiger partial charge in [-0.1, -0.05) is 258 Å². The van der Waals surface area contributed by atoms with E-state index in [1.54, 1.807) is 30.3 Å². The molecule has 8 aromatic carbocycles. The van der Waals surface area contributed by atoms with Crippen LogP contribution in [0.3, 0.4) is 0 Å². The Morgan fingerprint density at radius 3 is 1.29 bits per heavy atom. The fourth-order valence-electron chi connectivity index (χ4n) is 15.2. The Morgan fingerprint density at radius 1 is 0.468 bits per heavy atom. The third-order valence-electron chi connectivity index (χ3n) is 20.8. The number of ketones is 2. The normalized spacial score (nSPS) is 16.5. The molecule has 111 heavy (non-hydrogen) atoms. The Morgan fingerprint density at radius 2 is 0.865 bits per heavy atom. The number of ether oxygens (including phenoxy) is 2. The van der Waals surface area contributed by atoms with E-state index in [1.165, 1.54) is 25.8 Å². The number of nitrogens with zero attached hydrogens (tertiary/aromatic N) is 3.